The number of amides is 1. The molecule has 0 aromatic heterocycles. The number of nitrogens with zero attached hydrogens (tertiary/aromatic N) is 1. The topological polar surface area (TPSA) is 32.3 Å². The number of hydrogen-bond acceptors (Lipinski definition) is 2. The van der Waals surface area contributed by atoms with Crippen molar-refractivity contribution in [2.45, 2.75) is 32.2 Å². The van der Waals surface area contributed by atoms with Gasteiger partial charge in [0.25, 0.3) is 0 Å². The van der Waals surface area contributed by atoms with Gasteiger partial charge in [0.15, 0.2) is 11.6 Å². The van der Waals surface area contributed by atoms with Crippen LogP contribution in [0.3, 0.4) is 0 Å². The predicted octanol–water partition coefficient (Wildman–Crippen LogP) is 3.22. The lowest BCUT2D eigenvalue weighted by molar-refractivity contribution is -0.121. The van der Waals surface area contributed by atoms with Crippen LogP contribution in [0.15, 0.2) is 16.6 Å². The van der Waals surface area contributed by atoms with E-state index in [1.54, 1.807) is 0 Å². The van der Waals surface area contributed by atoms with Crippen molar-refractivity contribution in [3.05, 3.63) is 28.2 Å². The highest BCUT2D eigenvalue weighted by Crippen LogP contribution is 2.30. The molecule has 1 saturated heterocycles. The molecular weight excluding hydrogens is 330 g/mol. The lowest BCUT2D eigenvalue weighted by atomic mass is 10.0. The molecule has 1 atom stereocenters. The largest absolute Gasteiger partial charge is 0.306 e. The minimum absolute atomic E-state index is 0.249. The van der Waals surface area contributed by atoms with Crippen molar-refractivity contribution in [3.63, 3.8) is 0 Å². The smallest absolute Gasteiger partial charge is 0.244 e. The maximum atomic E-state index is 14.0. The SMILES string of the molecule is CCCNC1CCCN(c2c(F)cc(Br)cc2F)C1=O. The van der Waals surface area contributed by atoms with Gasteiger partial charge in [-0.2, -0.15) is 0 Å². The first kappa shape index (κ1) is 15.4. The summed E-state index contributed by atoms with van der Waals surface area (Å²) in [6, 6.07) is 2.00. The molecule has 110 valence electrons. The molecule has 0 radical (unpaired) electrons. The average molecular weight is 347 g/mol. The molecule has 0 aliphatic carbocycles. The van der Waals surface area contributed by atoms with Crippen LogP contribution >= 0.6 is 15.9 Å². The molecule has 1 heterocycles. The molecule has 1 fully saturated rings. The van der Waals surface area contributed by atoms with E-state index in [2.05, 4.69) is 21.2 Å². The number of nitrogens with one attached hydrogen (secondary N) is 1. The fourth-order valence-electron chi connectivity index (χ4n) is 2.40. The van der Waals surface area contributed by atoms with Gasteiger partial charge in [-0.05, 0) is 37.9 Å². The van der Waals surface area contributed by atoms with E-state index in [0.717, 1.165) is 19.4 Å². The fourth-order valence-corrected chi connectivity index (χ4v) is 2.80. The molecule has 0 spiro atoms. The van der Waals surface area contributed by atoms with Gasteiger partial charge in [0, 0.05) is 11.0 Å². The highest BCUT2D eigenvalue weighted by Gasteiger charge is 2.32. The van der Waals surface area contributed by atoms with Crippen molar-refractivity contribution in [1.82, 2.24) is 5.32 Å². The third-order valence-corrected chi connectivity index (χ3v) is 3.79. The number of rotatable bonds is 4. The Balaban J connectivity index is 2.26. The number of halogens is 3. The van der Waals surface area contributed by atoms with Crippen LogP contribution in [0, 0.1) is 11.6 Å². The molecular formula is C14H17BrF2N2O. The van der Waals surface area contributed by atoms with Gasteiger partial charge in [-0.3, -0.25) is 4.79 Å². The molecule has 20 heavy (non-hydrogen) atoms. The van der Waals surface area contributed by atoms with E-state index >= 15 is 0 Å². The van der Waals surface area contributed by atoms with Gasteiger partial charge < -0.3 is 10.2 Å². The first-order chi connectivity index (χ1) is 9.54. The Bertz CT molecular complexity index is 487. The van der Waals surface area contributed by atoms with Gasteiger partial charge in [0.05, 0.1) is 6.04 Å². The summed E-state index contributed by atoms with van der Waals surface area (Å²) < 4.78 is 28.2. The Kier molecular flexibility index (Phi) is 5.10. The molecule has 1 amide bonds. The molecule has 6 heteroatoms. The van der Waals surface area contributed by atoms with Gasteiger partial charge in [-0.25, -0.2) is 8.78 Å². The van der Waals surface area contributed by atoms with E-state index in [0.29, 0.717) is 17.4 Å². The second kappa shape index (κ2) is 6.63. The highest BCUT2D eigenvalue weighted by atomic mass is 79.9. The third kappa shape index (κ3) is 3.17. The van der Waals surface area contributed by atoms with Crippen LogP contribution in [0.4, 0.5) is 14.5 Å². The van der Waals surface area contributed by atoms with E-state index < -0.39 is 11.6 Å². The summed E-state index contributed by atoms with van der Waals surface area (Å²) in [5, 5.41) is 3.13. The molecule has 1 aromatic carbocycles. The highest BCUT2D eigenvalue weighted by molar-refractivity contribution is 9.10. The maximum Gasteiger partial charge on any atom is 0.244 e. The first-order valence-electron chi connectivity index (χ1n) is 6.74. The van der Waals surface area contributed by atoms with Crippen molar-refractivity contribution in [2.75, 3.05) is 18.0 Å². The van der Waals surface area contributed by atoms with Crippen LogP contribution < -0.4 is 10.2 Å². The summed E-state index contributed by atoms with van der Waals surface area (Å²) >= 11 is 3.04. The van der Waals surface area contributed by atoms with Crippen LogP contribution in [0.2, 0.25) is 0 Å². The summed E-state index contributed by atoms with van der Waals surface area (Å²) in [5.74, 6) is -1.70. The second-order valence-electron chi connectivity index (χ2n) is 4.86. The lowest BCUT2D eigenvalue weighted by Gasteiger charge is -2.33. The second-order valence-corrected chi connectivity index (χ2v) is 5.77. The van der Waals surface area contributed by atoms with Crippen molar-refractivity contribution in [3.8, 4) is 0 Å². The Morgan fingerprint density at radius 1 is 1.40 bits per heavy atom. The Morgan fingerprint density at radius 2 is 2.05 bits per heavy atom. The summed E-state index contributed by atoms with van der Waals surface area (Å²) in [4.78, 5) is 13.6. The van der Waals surface area contributed by atoms with Gasteiger partial charge >= 0.3 is 0 Å². The van der Waals surface area contributed by atoms with Gasteiger partial charge in [-0.1, -0.05) is 22.9 Å². The molecule has 3 nitrogen and oxygen atoms in total. The summed E-state index contributed by atoms with van der Waals surface area (Å²) in [5.41, 5.74) is -0.249. The Morgan fingerprint density at radius 3 is 2.65 bits per heavy atom. The van der Waals surface area contributed by atoms with Crippen molar-refractivity contribution in [2.24, 2.45) is 0 Å². The maximum absolute atomic E-state index is 14.0. The molecule has 1 aliphatic rings. The average Bonchev–Trinajstić information content (AvgIpc) is 2.38. The lowest BCUT2D eigenvalue weighted by Crippen LogP contribution is -2.51. The standard InChI is InChI=1S/C14H17BrF2N2O/c1-2-5-18-12-4-3-6-19(14(12)20)13-10(16)7-9(15)8-11(13)17/h7-8,12,18H,2-6H2,1H3. The van der Waals surface area contributed by atoms with Crippen LogP contribution in [0.25, 0.3) is 0 Å². The molecule has 2 rings (SSSR count). The zero-order valence-electron chi connectivity index (χ0n) is 11.3. The minimum atomic E-state index is -0.721. The van der Waals surface area contributed by atoms with E-state index in [1.165, 1.54) is 17.0 Å². The van der Waals surface area contributed by atoms with E-state index in [-0.39, 0.29) is 17.6 Å². The Hall–Kier alpha value is -1.01. The quantitative estimate of drug-likeness (QED) is 0.907. The van der Waals surface area contributed by atoms with Gasteiger partial charge in [0.1, 0.15) is 5.69 Å². The number of piperidine rings is 1. The van der Waals surface area contributed by atoms with E-state index in [1.807, 2.05) is 6.92 Å². The molecule has 1 N–H and O–H groups in total. The molecule has 1 unspecified atom stereocenters. The Labute approximate surface area is 125 Å². The summed E-state index contributed by atoms with van der Waals surface area (Å²) in [6.07, 6.45) is 2.34. The van der Waals surface area contributed by atoms with Crippen molar-refractivity contribution >= 4 is 27.5 Å². The number of anilines is 1. The van der Waals surface area contributed by atoms with Gasteiger partial charge in [0.2, 0.25) is 5.91 Å². The number of carbonyl (C=O) groups excluding carboxylic acids is 1. The molecule has 1 aliphatic heterocycles. The molecule has 0 saturated carbocycles. The van der Waals surface area contributed by atoms with Crippen LogP contribution in [-0.2, 0) is 4.79 Å². The van der Waals surface area contributed by atoms with Crippen molar-refractivity contribution < 1.29 is 13.6 Å². The van der Waals surface area contributed by atoms with Crippen LogP contribution in [0.5, 0.6) is 0 Å². The summed E-state index contributed by atoms with van der Waals surface area (Å²) in [7, 11) is 0. The predicted molar refractivity (Wildman–Crippen MR) is 77.7 cm³/mol. The van der Waals surface area contributed by atoms with E-state index in [9.17, 15) is 13.6 Å². The first-order valence-corrected chi connectivity index (χ1v) is 7.53. The zero-order chi connectivity index (χ0) is 14.7. The van der Waals surface area contributed by atoms with E-state index in [4.69, 9.17) is 0 Å². The number of carbonyl (C=O) groups is 1. The number of benzene rings is 1. The summed E-state index contributed by atoms with van der Waals surface area (Å²) in [6.45, 7) is 3.07. The monoisotopic (exact) mass is 346 g/mol. The molecule has 0 bridgehead atoms. The minimum Gasteiger partial charge on any atom is -0.306 e. The zero-order valence-corrected chi connectivity index (χ0v) is 12.8. The number of hydrogen-bond donors (Lipinski definition) is 1. The third-order valence-electron chi connectivity index (χ3n) is 3.33. The van der Waals surface area contributed by atoms with Gasteiger partial charge in [-0.15, -0.1) is 0 Å². The molecule has 1 aromatic rings. The van der Waals surface area contributed by atoms with Crippen molar-refractivity contribution in [1.29, 1.82) is 0 Å². The fraction of sp³-hybridized carbons (Fsp3) is 0.500. The van der Waals surface area contributed by atoms with Crippen LogP contribution in [-0.4, -0.2) is 25.0 Å². The normalized spacial score (nSPS) is 19.5. The van der Waals surface area contributed by atoms with Crippen LogP contribution in [0.1, 0.15) is 26.2 Å².